The maximum absolute atomic E-state index is 13.5. The summed E-state index contributed by atoms with van der Waals surface area (Å²) in [4.78, 5) is 4.28. The maximum Gasteiger partial charge on any atom is 0.170 e. The van der Waals surface area contributed by atoms with Crippen LogP contribution in [-0.2, 0) is 0 Å². The number of rotatable bonds is 4. The van der Waals surface area contributed by atoms with E-state index in [9.17, 15) is 4.39 Å². The number of piperidine rings is 1. The second kappa shape index (κ2) is 8.08. The Hall–Kier alpha value is -2.51. The minimum absolute atomic E-state index is 0. The molecule has 0 aliphatic carbocycles. The van der Waals surface area contributed by atoms with Crippen LogP contribution in [0.4, 0.5) is 4.39 Å². The minimum atomic E-state index is -0.302. The van der Waals surface area contributed by atoms with Crippen molar-refractivity contribution in [2.75, 3.05) is 13.1 Å². The average molecular weight is 416 g/mol. The first kappa shape index (κ1) is 19.8. The molecule has 29 heavy (non-hydrogen) atoms. The lowest BCUT2D eigenvalue weighted by molar-refractivity contribution is 0.0778. The SMILES string of the molecule is CCC(N1CCCC(c2noc3cc(F)ccc23)C1)n1nc2ccccc2n1.Cl. The summed E-state index contributed by atoms with van der Waals surface area (Å²) >= 11 is 0. The van der Waals surface area contributed by atoms with Crippen molar-refractivity contribution in [3.63, 3.8) is 0 Å². The largest absolute Gasteiger partial charge is 0.356 e. The Kier molecular flexibility index (Phi) is 5.52. The van der Waals surface area contributed by atoms with Crippen LogP contribution in [0.1, 0.15) is 44.0 Å². The zero-order valence-electron chi connectivity index (χ0n) is 16.2. The number of hydrogen-bond acceptors (Lipinski definition) is 5. The molecule has 1 saturated heterocycles. The molecule has 4 aromatic rings. The molecule has 1 aliphatic rings. The number of halogens is 2. The van der Waals surface area contributed by atoms with E-state index in [1.165, 1.54) is 12.1 Å². The van der Waals surface area contributed by atoms with Crippen LogP contribution in [0, 0.1) is 5.82 Å². The van der Waals surface area contributed by atoms with E-state index in [2.05, 4.69) is 17.0 Å². The predicted octanol–water partition coefficient (Wildman–Crippen LogP) is 4.92. The van der Waals surface area contributed by atoms with Gasteiger partial charge in [-0.1, -0.05) is 24.2 Å². The van der Waals surface area contributed by atoms with Crippen molar-refractivity contribution >= 4 is 34.4 Å². The molecule has 3 heterocycles. The van der Waals surface area contributed by atoms with Gasteiger partial charge in [0, 0.05) is 30.5 Å². The molecule has 2 aromatic carbocycles. The van der Waals surface area contributed by atoms with E-state index >= 15 is 0 Å². The summed E-state index contributed by atoms with van der Waals surface area (Å²) < 4.78 is 18.9. The highest BCUT2D eigenvalue weighted by molar-refractivity contribution is 5.85. The topological polar surface area (TPSA) is 60.0 Å². The Morgan fingerprint density at radius 1 is 1.17 bits per heavy atom. The second-order valence-corrected chi connectivity index (χ2v) is 7.44. The Balaban J connectivity index is 0.00000205. The molecule has 0 spiro atoms. The molecule has 2 aromatic heterocycles. The van der Waals surface area contributed by atoms with E-state index in [4.69, 9.17) is 14.7 Å². The Bertz CT molecular complexity index is 1090. The van der Waals surface area contributed by atoms with Crippen LogP contribution in [0.2, 0.25) is 0 Å². The van der Waals surface area contributed by atoms with Gasteiger partial charge in [-0.2, -0.15) is 15.0 Å². The van der Waals surface area contributed by atoms with Crippen LogP contribution < -0.4 is 0 Å². The summed E-state index contributed by atoms with van der Waals surface area (Å²) in [6.07, 6.45) is 3.13. The standard InChI is InChI=1S/C21H22FN5O.ClH/c1-2-20(27-23-17-7-3-4-8-18(17)24-27)26-11-5-6-14(13-26)21-16-10-9-15(22)12-19(16)28-25-21;/h3-4,7-10,12,14,20H,2,5-6,11,13H2,1H3;1H. The number of benzene rings is 2. The molecule has 0 bridgehead atoms. The molecule has 1 aliphatic heterocycles. The number of nitrogens with zero attached hydrogens (tertiary/aromatic N) is 5. The van der Waals surface area contributed by atoms with Crippen molar-refractivity contribution in [1.29, 1.82) is 0 Å². The van der Waals surface area contributed by atoms with Gasteiger partial charge in [0.15, 0.2) is 5.58 Å². The van der Waals surface area contributed by atoms with E-state index in [0.717, 1.165) is 54.5 Å². The van der Waals surface area contributed by atoms with E-state index < -0.39 is 0 Å². The monoisotopic (exact) mass is 415 g/mol. The van der Waals surface area contributed by atoms with Crippen LogP contribution in [0.15, 0.2) is 47.0 Å². The van der Waals surface area contributed by atoms with Crippen LogP contribution in [0.25, 0.3) is 22.0 Å². The van der Waals surface area contributed by atoms with Gasteiger partial charge < -0.3 is 4.52 Å². The fourth-order valence-corrected chi connectivity index (χ4v) is 4.30. The summed E-state index contributed by atoms with van der Waals surface area (Å²) in [6, 6.07) is 12.6. The third kappa shape index (κ3) is 3.60. The average Bonchev–Trinajstić information content (AvgIpc) is 3.32. The zero-order valence-corrected chi connectivity index (χ0v) is 17.0. The first-order valence-corrected chi connectivity index (χ1v) is 9.83. The third-order valence-electron chi connectivity index (χ3n) is 5.66. The zero-order chi connectivity index (χ0) is 19.1. The van der Waals surface area contributed by atoms with E-state index in [0.29, 0.717) is 5.58 Å². The summed E-state index contributed by atoms with van der Waals surface area (Å²) in [5.41, 5.74) is 3.27. The van der Waals surface area contributed by atoms with Crippen molar-refractivity contribution in [3.05, 3.63) is 54.0 Å². The van der Waals surface area contributed by atoms with Crippen molar-refractivity contribution in [3.8, 4) is 0 Å². The lowest BCUT2D eigenvalue weighted by atomic mass is 9.92. The maximum atomic E-state index is 13.5. The quantitative estimate of drug-likeness (QED) is 0.473. The molecular weight excluding hydrogens is 393 g/mol. The van der Waals surface area contributed by atoms with Gasteiger partial charge in [-0.15, -0.1) is 12.4 Å². The number of likely N-dealkylation sites (tertiary alicyclic amines) is 1. The predicted molar refractivity (Wildman–Crippen MR) is 112 cm³/mol. The molecule has 5 rings (SSSR count). The Morgan fingerprint density at radius 2 is 1.93 bits per heavy atom. The number of fused-ring (bicyclic) bond motifs is 2. The molecule has 0 radical (unpaired) electrons. The van der Waals surface area contributed by atoms with Gasteiger partial charge in [-0.25, -0.2) is 4.39 Å². The van der Waals surface area contributed by atoms with Crippen LogP contribution >= 0.6 is 12.4 Å². The van der Waals surface area contributed by atoms with Gasteiger partial charge in [0.05, 0.1) is 5.69 Å². The molecule has 1 fully saturated rings. The normalized spacial score (nSPS) is 18.8. The summed E-state index contributed by atoms with van der Waals surface area (Å²) in [5.74, 6) is -0.0529. The van der Waals surface area contributed by atoms with Gasteiger partial charge in [-0.3, -0.25) is 4.90 Å². The Morgan fingerprint density at radius 3 is 2.66 bits per heavy atom. The van der Waals surface area contributed by atoms with E-state index in [-0.39, 0.29) is 30.3 Å². The lowest BCUT2D eigenvalue weighted by Gasteiger charge is -2.36. The van der Waals surface area contributed by atoms with Gasteiger partial charge >= 0.3 is 0 Å². The molecular formula is C21H23ClFN5O. The van der Waals surface area contributed by atoms with Gasteiger partial charge in [0.2, 0.25) is 0 Å². The first-order valence-electron chi connectivity index (χ1n) is 9.83. The molecule has 2 atom stereocenters. The van der Waals surface area contributed by atoms with Gasteiger partial charge in [-0.05, 0) is 43.5 Å². The Labute approximate surface area is 174 Å². The van der Waals surface area contributed by atoms with Crippen molar-refractivity contribution < 1.29 is 8.91 Å². The summed E-state index contributed by atoms with van der Waals surface area (Å²) in [5, 5.41) is 14.6. The molecule has 6 nitrogen and oxygen atoms in total. The van der Waals surface area contributed by atoms with Crippen LogP contribution in [0.5, 0.6) is 0 Å². The van der Waals surface area contributed by atoms with Crippen molar-refractivity contribution in [2.24, 2.45) is 0 Å². The summed E-state index contributed by atoms with van der Waals surface area (Å²) in [6.45, 7) is 4.02. The van der Waals surface area contributed by atoms with Crippen molar-refractivity contribution in [2.45, 2.75) is 38.3 Å². The van der Waals surface area contributed by atoms with Crippen molar-refractivity contribution in [1.82, 2.24) is 25.1 Å². The summed E-state index contributed by atoms with van der Waals surface area (Å²) in [7, 11) is 0. The molecule has 2 unspecified atom stereocenters. The van der Waals surface area contributed by atoms with E-state index in [1.807, 2.05) is 29.1 Å². The number of hydrogen-bond donors (Lipinski definition) is 0. The second-order valence-electron chi connectivity index (χ2n) is 7.44. The fraction of sp³-hybridized carbons (Fsp3) is 0.381. The highest BCUT2D eigenvalue weighted by Crippen LogP contribution is 2.34. The molecule has 8 heteroatoms. The van der Waals surface area contributed by atoms with Gasteiger partial charge in [0.25, 0.3) is 0 Å². The molecule has 0 N–H and O–H groups in total. The fourth-order valence-electron chi connectivity index (χ4n) is 4.30. The van der Waals surface area contributed by atoms with Gasteiger partial charge in [0.1, 0.15) is 23.0 Å². The third-order valence-corrected chi connectivity index (χ3v) is 5.66. The highest BCUT2D eigenvalue weighted by atomic mass is 35.5. The minimum Gasteiger partial charge on any atom is -0.356 e. The number of aromatic nitrogens is 4. The molecule has 152 valence electrons. The van der Waals surface area contributed by atoms with E-state index in [1.54, 1.807) is 6.07 Å². The highest BCUT2D eigenvalue weighted by Gasteiger charge is 2.30. The first-order chi connectivity index (χ1) is 13.7. The molecule has 0 amide bonds. The smallest absolute Gasteiger partial charge is 0.170 e. The lowest BCUT2D eigenvalue weighted by Crippen LogP contribution is -2.40. The van der Waals surface area contributed by atoms with Crippen LogP contribution in [0.3, 0.4) is 0 Å². The molecule has 0 saturated carbocycles. The van der Waals surface area contributed by atoms with Crippen LogP contribution in [-0.4, -0.2) is 38.1 Å².